The van der Waals surface area contributed by atoms with Gasteiger partial charge in [0, 0.05) is 30.7 Å². The fraction of sp³-hybridized carbons (Fsp3) is 0.500. The third kappa shape index (κ3) is 2.09. The number of benzene rings is 1. The first kappa shape index (κ1) is 12.8. The summed E-state index contributed by atoms with van der Waals surface area (Å²) in [4.78, 5) is 14.4. The van der Waals surface area contributed by atoms with Crippen molar-refractivity contribution in [1.82, 2.24) is 10.2 Å². The smallest absolute Gasteiger partial charge is 0.257 e. The fourth-order valence-corrected chi connectivity index (χ4v) is 3.44. The lowest BCUT2D eigenvalue weighted by Crippen LogP contribution is -2.38. The summed E-state index contributed by atoms with van der Waals surface area (Å²) in [6.45, 7) is 4.80. The first-order valence-electron chi connectivity index (χ1n) is 6.58. The normalized spacial score (nSPS) is 29.6. The van der Waals surface area contributed by atoms with Gasteiger partial charge in [0.25, 0.3) is 5.91 Å². The lowest BCUT2D eigenvalue weighted by molar-refractivity contribution is 0.0725. The molecule has 3 atom stereocenters. The molecule has 0 radical (unpaired) electrons. The molecule has 2 fully saturated rings. The molecular formula is C14H17ClN2O2. The minimum absolute atomic E-state index is 0.0418. The van der Waals surface area contributed by atoms with Gasteiger partial charge in [-0.3, -0.25) is 4.79 Å². The zero-order valence-electron chi connectivity index (χ0n) is 10.8. The van der Waals surface area contributed by atoms with E-state index in [0.29, 0.717) is 22.4 Å². The Kier molecular flexibility index (Phi) is 3.15. The van der Waals surface area contributed by atoms with Crippen LogP contribution in [0.25, 0.3) is 0 Å². The van der Waals surface area contributed by atoms with E-state index in [2.05, 4.69) is 12.2 Å². The van der Waals surface area contributed by atoms with Gasteiger partial charge in [-0.2, -0.15) is 0 Å². The number of phenolic OH excluding ortho intramolecular Hbond substituents is 1. The van der Waals surface area contributed by atoms with Crippen molar-refractivity contribution in [3.8, 4) is 5.75 Å². The molecule has 2 aliphatic heterocycles. The van der Waals surface area contributed by atoms with Crippen LogP contribution in [0.2, 0.25) is 5.02 Å². The van der Waals surface area contributed by atoms with Gasteiger partial charge in [-0.1, -0.05) is 11.6 Å². The molecular weight excluding hydrogens is 264 g/mol. The lowest BCUT2D eigenvalue weighted by atomic mass is 9.95. The van der Waals surface area contributed by atoms with Crippen LogP contribution in [0, 0.1) is 11.8 Å². The molecule has 1 amide bonds. The largest absolute Gasteiger partial charge is 0.507 e. The number of carbonyl (C=O) groups excluding carboxylic acids is 1. The van der Waals surface area contributed by atoms with Gasteiger partial charge in [0.05, 0.1) is 5.56 Å². The predicted octanol–water partition coefficient (Wildman–Crippen LogP) is 1.73. The van der Waals surface area contributed by atoms with E-state index >= 15 is 0 Å². The minimum Gasteiger partial charge on any atom is -0.507 e. The number of rotatable bonds is 1. The number of hydrogen-bond donors (Lipinski definition) is 2. The highest BCUT2D eigenvalue weighted by Gasteiger charge is 2.44. The molecule has 0 bridgehead atoms. The van der Waals surface area contributed by atoms with Gasteiger partial charge in [0.1, 0.15) is 5.75 Å². The zero-order valence-corrected chi connectivity index (χ0v) is 11.5. The fourth-order valence-electron chi connectivity index (χ4n) is 3.28. The molecule has 2 heterocycles. The summed E-state index contributed by atoms with van der Waals surface area (Å²) >= 11 is 5.79. The maximum absolute atomic E-state index is 12.5. The zero-order chi connectivity index (χ0) is 13.6. The molecule has 0 aromatic heterocycles. The standard InChI is InChI=1S/C14H17ClN2O2/c1-8-12-6-16-5-9(12)7-17(8)14(19)11-3-2-10(15)4-13(11)18/h2-4,8-9,12,16,18H,5-7H2,1H3. The maximum Gasteiger partial charge on any atom is 0.257 e. The molecule has 0 saturated carbocycles. The average Bonchev–Trinajstić information content (AvgIpc) is 2.92. The monoisotopic (exact) mass is 280 g/mol. The van der Waals surface area contributed by atoms with Crippen LogP contribution in [0.5, 0.6) is 5.75 Å². The Bertz CT molecular complexity index is 520. The van der Waals surface area contributed by atoms with Gasteiger partial charge < -0.3 is 15.3 Å². The minimum atomic E-state index is -0.101. The Morgan fingerprint density at radius 1 is 1.47 bits per heavy atom. The third-order valence-corrected chi connectivity index (χ3v) is 4.62. The number of aromatic hydroxyl groups is 1. The summed E-state index contributed by atoms with van der Waals surface area (Å²) in [7, 11) is 0. The molecule has 0 spiro atoms. The van der Waals surface area contributed by atoms with E-state index in [0.717, 1.165) is 19.6 Å². The Morgan fingerprint density at radius 3 is 2.95 bits per heavy atom. The van der Waals surface area contributed by atoms with Crippen LogP contribution in [0.15, 0.2) is 18.2 Å². The van der Waals surface area contributed by atoms with E-state index in [1.165, 1.54) is 6.07 Å². The Balaban J connectivity index is 1.84. The van der Waals surface area contributed by atoms with Gasteiger partial charge in [0.2, 0.25) is 0 Å². The molecule has 3 rings (SSSR count). The quantitative estimate of drug-likeness (QED) is 0.824. The van der Waals surface area contributed by atoms with Crippen molar-refractivity contribution in [1.29, 1.82) is 0 Å². The van der Waals surface area contributed by atoms with E-state index in [-0.39, 0.29) is 17.7 Å². The van der Waals surface area contributed by atoms with E-state index < -0.39 is 0 Å². The second kappa shape index (κ2) is 4.69. The van der Waals surface area contributed by atoms with Gasteiger partial charge >= 0.3 is 0 Å². The highest BCUT2D eigenvalue weighted by molar-refractivity contribution is 6.30. The lowest BCUT2D eigenvalue weighted by Gasteiger charge is -2.24. The van der Waals surface area contributed by atoms with Crippen molar-refractivity contribution < 1.29 is 9.90 Å². The summed E-state index contributed by atoms with van der Waals surface area (Å²) < 4.78 is 0. The third-order valence-electron chi connectivity index (χ3n) is 4.39. The number of amides is 1. The van der Waals surface area contributed by atoms with E-state index in [4.69, 9.17) is 11.6 Å². The Hall–Kier alpha value is -1.26. The summed E-state index contributed by atoms with van der Waals surface area (Å²) in [5, 5.41) is 13.7. The highest BCUT2D eigenvalue weighted by atomic mass is 35.5. The molecule has 0 aliphatic carbocycles. The van der Waals surface area contributed by atoms with Crippen LogP contribution in [-0.4, -0.2) is 41.6 Å². The van der Waals surface area contributed by atoms with Gasteiger partial charge in [0.15, 0.2) is 0 Å². The average molecular weight is 281 g/mol. The second-order valence-corrected chi connectivity index (χ2v) is 5.88. The maximum atomic E-state index is 12.5. The Labute approximate surface area is 117 Å². The van der Waals surface area contributed by atoms with Crippen molar-refractivity contribution in [2.45, 2.75) is 13.0 Å². The molecule has 5 heteroatoms. The first-order chi connectivity index (χ1) is 9.08. The number of likely N-dealkylation sites (tertiary alicyclic amines) is 1. The number of carbonyl (C=O) groups is 1. The summed E-state index contributed by atoms with van der Waals surface area (Å²) in [6, 6.07) is 4.86. The van der Waals surface area contributed by atoms with Crippen molar-refractivity contribution in [3.05, 3.63) is 28.8 Å². The van der Waals surface area contributed by atoms with Crippen LogP contribution >= 0.6 is 11.6 Å². The molecule has 1 aromatic rings. The van der Waals surface area contributed by atoms with Gasteiger partial charge in [-0.05, 0) is 37.0 Å². The number of phenols is 1. The topological polar surface area (TPSA) is 52.6 Å². The van der Waals surface area contributed by atoms with E-state index in [9.17, 15) is 9.90 Å². The number of hydrogen-bond acceptors (Lipinski definition) is 3. The van der Waals surface area contributed by atoms with Crippen LogP contribution in [-0.2, 0) is 0 Å². The molecule has 2 N–H and O–H groups in total. The molecule has 2 aliphatic rings. The van der Waals surface area contributed by atoms with E-state index in [1.807, 2.05) is 4.90 Å². The Morgan fingerprint density at radius 2 is 2.26 bits per heavy atom. The predicted molar refractivity (Wildman–Crippen MR) is 73.5 cm³/mol. The summed E-state index contributed by atoms with van der Waals surface area (Å²) in [5.74, 6) is 0.919. The number of halogens is 1. The van der Waals surface area contributed by atoms with Crippen LogP contribution in [0.3, 0.4) is 0 Å². The van der Waals surface area contributed by atoms with Crippen molar-refractivity contribution in [3.63, 3.8) is 0 Å². The van der Waals surface area contributed by atoms with Crippen molar-refractivity contribution >= 4 is 17.5 Å². The first-order valence-corrected chi connectivity index (χ1v) is 6.96. The van der Waals surface area contributed by atoms with Gasteiger partial charge in [-0.25, -0.2) is 0 Å². The van der Waals surface area contributed by atoms with Crippen molar-refractivity contribution in [2.75, 3.05) is 19.6 Å². The highest BCUT2D eigenvalue weighted by Crippen LogP contribution is 2.34. The molecule has 1 aromatic carbocycles. The molecule has 3 unspecified atom stereocenters. The van der Waals surface area contributed by atoms with Gasteiger partial charge in [-0.15, -0.1) is 0 Å². The number of fused-ring (bicyclic) bond motifs is 1. The molecule has 102 valence electrons. The SMILES string of the molecule is CC1C2CNCC2CN1C(=O)c1ccc(Cl)cc1O. The number of nitrogens with zero attached hydrogens (tertiary/aromatic N) is 1. The van der Waals surface area contributed by atoms with Crippen molar-refractivity contribution in [2.24, 2.45) is 11.8 Å². The van der Waals surface area contributed by atoms with Crippen LogP contribution < -0.4 is 5.32 Å². The molecule has 19 heavy (non-hydrogen) atoms. The molecule has 2 saturated heterocycles. The molecule has 4 nitrogen and oxygen atoms in total. The summed E-state index contributed by atoms with van der Waals surface area (Å²) in [5.41, 5.74) is 0.337. The summed E-state index contributed by atoms with van der Waals surface area (Å²) in [6.07, 6.45) is 0. The van der Waals surface area contributed by atoms with E-state index in [1.54, 1.807) is 12.1 Å². The van der Waals surface area contributed by atoms with Crippen LogP contribution in [0.4, 0.5) is 0 Å². The number of nitrogens with one attached hydrogen (secondary N) is 1. The second-order valence-electron chi connectivity index (χ2n) is 5.44. The van der Waals surface area contributed by atoms with Crippen LogP contribution in [0.1, 0.15) is 17.3 Å².